The minimum atomic E-state index is 1.25. The first-order valence-corrected chi connectivity index (χ1v) is 5.85. The Hall–Kier alpha value is -1.82. The summed E-state index contributed by atoms with van der Waals surface area (Å²) in [6.45, 7) is 0. The Morgan fingerprint density at radius 3 is 2.25 bits per heavy atom. The minimum Gasteiger partial charge on any atom is -0.0616 e. The summed E-state index contributed by atoms with van der Waals surface area (Å²) >= 11 is 0. The molecule has 0 fully saturated rings. The van der Waals surface area contributed by atoms with Gasteiger partial charge in [0, 0.05) is 0 Å². The number of aryl methyl sites for hydroxylation is 2. The van der Waals surface area contributed by atoms with E-state index in [4.69, 9.17) is 0 Å². The fourth-order valence-corrected chi connectivity index (χ4v) is 2.73. The predicted molar refractivity (Wildman–Crippen MR) is 68.9 cm³/mol. The zero-order chi connectivity index (χ0) is 10.5. The molecule has 0 heteroatoms. The summed E-state index contributed by atoms with van der Waals surface area (Å²) < 4.78 is 0. The molecule has 0 nitrogen and oxygen atoms in total. The molecule has 0 heterocycles. The van der Waals surface area contributed by atoms with Crippen molar-refractivity contribution in [3.05, 3.63) is 59.7 Å². The highest BCUT2D eigenvalue weighted by Gasteiger charge is 2.15. The first-order valence-electron chi connectivity index (χ1n) is 5.85. The van der Waals surface area contributed by atoms with Gasteiger partial charge in [0.1, 0.15) is 0 Å². The van der Waals surface area contributed by atoms with Gasteiger partial charge < -0.3 is 0 Å². The SMILES string of the molecule is c1ccc2cc3c4c(ccc3cc2c1)CC4. The Balaban J connectivity index is 2.21. The van der Waals surface area contributed by atoms with Crippen molar-refractivity contribution in [2.24, 2.45) is 0 Å². The predicted octanol–water partition coefficient (Wildman–Crippen LogP) is 4.09. The lowest BCUT2D eigenvalue weighted by atomic mass is 9.84. The largest absolute Gasteiger partial charge is 0.0616 e. The first kappa shape index (κ1) is 8.35. The molecule has 0 spiro atoms. The van der Waals surface area contributed by atoms with Crippen LogP contribution in [0.4, 0.5) is 0 Å². The quantitative estimate of drug-likeness (QED) is 0.484. The highest BCUT2D eigenvalue weighted by Crippen LogP contribution is 2.33. The lowest BCUT2D eigenvalue weighted by Crippen LogP contribution is -2.08. The fraction of sp³-hybridized carbons (Fsp3) is 0.125. The summed E-state index contributed by atoms with van der Waals surface area (Å²) in [5.74, 6) is 0. The monoisotopic (exact) mass is 204 g/mol. The van der Waals surface area contributed by atoms with Crippen LogP contribution in [0, 0.1) is 0 Å². The van der Waals surface area contributed by atoms with Gasteiger partial charge in [-0.3, -0.25) is 0 Å². The second kappa shape index (κ2) is 2.85. The van der Waals surface area contributed by atoms with Crippen LogP contribution in [-0.2, 0) is 12.8 Å². The summed E-state index contributed by atoms with van der Waals surface area (Å²) in [7, 11) is 0. The molecule has 76 valence electrons. The van der Waals surface area contributed by atoms with Crippen LogP contribution in [0.5, 0.6) is 0 Å². The molecule has 1 aliphatic rings. The van der Waals surface area contributed by atoms with Crippen LogP contribution in [-0.4, -0.2) is 0 Å². The Morgan fingerprint density at radius 1 is 0.688 bits per heavy atom. The molecule has 3 aromatic rings. The maximum atomic E-state index is 2.35. The van der Waals surface area contributed by atoms with Crippen LogP contribution < -0.4 is 0 Å². The molecule has 0 aliphatic heterocycles. The van der Waals surface area contributed by atoms with Crippen LogP contribution >= 0.6 is 0 Å². The molecule has 0 amide bonds. The van der Waals surface area contributed by atoms with E-state index in [2.05, 4.69) is 48.5 Å². The van der Waals surface area contributed by atoms with Crippen LogP contribution in [0.1, 0.15) is 11.1 Å². The second-order valence-corrected chi connectivity index (χ2v) is 4.62. The van der Waals surface area contributed by atoms with E-state index in [0.29, 0.717) is 0 Å². The Morgan fingerprint density at radius 2 is 1.50 bits per heavy atom. The van der Waals surface area contributed by atoms with Gasteiger partial charge in [0.05, 0.1) is 0 Å². The second-order valence-electron chi connectivity index (χ2n) is 4.62. The third-order valence-corrected chi connectivity index (χ3v) is 3.74. The Kier molecular flexibility index (Phi) is 1.49. The van der Waals surface area contributed by atoms with Crippen molar-refractivity contribution < 1.29 is 0 Å². The summed E-state index contributed by atoms with van der Waals surface area (Å²) in [6.07, 6.45) is 2.52. The molecule has 1 aliphatic carbocycles. The van der Waals surface area contributed by atoms with Gasteiger partial charge in [-0.05, 0) is 57.6 Å². The van der Waals surface area contributed by atoms with Crippen LogP contribution in [0.3, 0.4) is 0 Å². The summed E-state index contributed by atoms with van der Waals surface area (Å²) in [4.78, 5) is 0. The van der Waals surface area contributed by atoms with Gasteiger partial charge in [-0.1, -0.05) is 36.4 Å². The standard InChI is InChI=1S/C16H12/c1-2-4-13-10-16-14(9-12(13)3-1)6-5-11-7-8-15(11)16/h1-6,9-10H,7-8H2. The molecule has 4 rings (SSSR count). The molecule has 0 saturated heterocycles. The van der Waals surface area contributed by atoms with Gasteiger partial charge >= 0.3 is 0 Å². The van der Waals surface area contributed by atoms with Crippen molar-refractivity contribution >= 4 is 21.5 Å². The van der Waals surface area contributed by atoms with Gasteiger partial charge in [0.25, 0.3) is 0 Å². The molecule has 0 atom stereocenters. The fourth-order valence-electron chi connectivity index (χ4n) is 2.73. The summed E-state index contributed by atoms with van der Waals surface area (Å²) in [5.41, 5.74) is 3.12. The Bertz CT molecular complexity index is 708. The molecule has 0 radical (unpaired) electrons. The molecule has 0 unspecified atom stereocenters. The number of fused-ring (bicyclic) bond motifs is 4. The van der Waals surface area contributed by atoms with Crippen LogP contribution in [0.15, 0.2) is 48.5 Å². The van der Waals surface area contributed by atoms with E-state index in [1.807, 2.05) is 0 Å². The van der Waals surface area contributed by atoms with Gasteiger partial charge in [0.2, 0.25) is 0 Å². The maximum Gasteiger partial charge on any atom is -0.0143 e. The van der Waals surface area contributed by atoms with Crippen molar-refractivity contribution in [1.29, 1.82) is 0 Å². The van der Waals surface area contributed by atoms with E-state index in [1.54, 1.807) is 11.1 Å². The number of benzene rings is 3. The first-order chi connectivity index (χ1) is 7.92. The number of rotatable bonds is 0. The van der Waals surface area contributed by atoms with Crippen molar-refractivity contribution in [3.63, 3.8) is 0 Å². The van der Waals surface area contributed by atoms with Gasteiger partial charge in [-0.2, -0.15) is 0 Å². The zero-order valence-electron chi connectivity index (χ0n) is 9.03. The molecule has 0 N–H and O–H groups in total. The summed E-state index contributed by atoms with van der Waals surface area (Å²) in [5, 5.41) is 5.55. The smallest absolute Gasteiger partial charge is 0.0143 e. The molecule has 0 aromatic heterocycles. The average molecular weight is 204 g/mol. The maximum absolute atomic E-state index is 2.35. The van der Waals surface area contributed by atoms with Crippen molar-refractivity contribution in [2.75, 3.05) is 0 Å². The molecular formula is C16H12. The van der Waals surface area contributed by atoms with Crippen molar-refractivity contribution in [2.45, 2.75) is 12.8 Å². The van der Waals surface area contributed by atoms with Crippen molar-refractivity contribution in [1.82, 2.24) is 0 Å². The van der Waals surface area contributed by atoms with E-state index >= 15 is 0 Å². The van der Waals surface area contributed by atoms with Gasteiger partial charge in [-0.15, -0.1) is 0 Å². The topological polar surface area (TPSA) is 0 Å². The number of hydrogen-bond acceptors (Lipinski definition) is 0. The number of hydrogen-bond donors (Lipinski definition) is 0. The van der Waals surface area contributed by atoms with Crippen LogP contribution in [0.25, 0.3) is 21.5 Å². The normalized spacial score (nSPS) is 13.8. The van der Waals surface area contributed by atoms with Gasteiger partial charge in [-0.25, -0.2) is 0 Å². The van der Waals surface area contributed by atoms with E-state index in [0.717, 1.165) is 0 Å². The molecular weight excluding hydrogens is 192 g/mol. The molecule has 0 saturated carbocycles. The summed E-state index contributed by atoms with van der Waals surface area (Å²) in [6, 6.07) is 17.8. The Labute approximate surface area is 94.5 Å². The van der Waals surface area contributed by atoms with Crippen molar-refractivity contribution in [3.8, 4) is 0 Å². The molecule has 16 heavy (non-hydrogen) atoms. The molecule has 3 aromatic carbocycles. The van der Waals surface area contributed by atoms with E-state index < -0.39 is 0 Å². The van der Waals surface area contributed by atoms with Crippen LogP contribution in [0.2, 0.25) is 0 Å². The third-order valence-electron chi connectivity index (χ3n) is 3.74. The van der Waals surface area contributed by atoms with E-state index in [9.17, 15) is 0 Å². The third kappa shape index (κ3) is 0.992. The zero-order valence-corrected chi connectivity index (χ0v) is 9.03. The lowest BCUT2D eigenvalue weighted by Gasteiger charge is -2.21. The van der Waals surface area contributed by atoms with E-state index in [1.165, 1.54) is 34.4 Å². The minimum absolute atomic E-state index is 1.25. The lowest BCUT2D eigenvalue weighted by molar-refractivity contribution is 0.852. The highest BCUT2D eigenvalue weighted by molar-refractivity contribution is 6.00. The highest BCUT2D eigenvalue weighted by atomic mass is 14.2. The molecule has 0 bridgehead atoms. The van der Waals surface area contributed by atoms with Gasteiger partial charge in [0.15, 0.2) is 0 Å². The average Bonchev–Trinajstić information content (AvgIpc) is 2.27. The van der Waals surface area contributed by atoms with E-state index in [-0.39, 0.29) is 0 Å².